The Morgan fingerprint density at radius 1 is 1.15 bits per heavy atom. The fourth-order valence-corrected chi connectivity index (χ4v) is 2.65. The predicted molar refractivity (Wildman–Crippen MR) is 86.1 cm³/mol. The molecule has 20 heavy (non-hydrogen) atoms. The molecule has 3 nitrogen and oxygen atoms in total. The van der Waals surface area contributed by atoms with Gasteiger partial charge in [-0.3, -0.25) is 4.79 Å². The Morgan fingerprint density at radius 3 is 2.65 bits per heavy atom. The highest BCUT2D eigenvalue weighted by molar-refractivity contribution is 8.00. The van der Waals surface area contributed by atoms with Crippen LogP contribution in [0.25, 0.3) is 0 Å². The van der Waals surface area contributed by atoms with Crippen LogP contribution in [0.4, 0.5) is 11.4 Å². The molecule has 3 N–H and O–H groups in total. The van der Waals surface area contributed by atoms with Crippen molar-refractivity contribution in [2.24, 2.45) is 0 Å². The van der Waals surface area contributed by atoms with Gasteiger partial charge in [0.25, 0.3) is 0 Å². The van der Waals surface area contributed by atoms with Gasteiger partial charge in [-0.05, 0) is 43.2 Å². The summed E-state index contributed by atoms with van der Waals surface area (Å²) >= 11 is 1.54. The van der Waals surface area contributed by atoms with Crippen molar-refractivity contribution in [3.05, 3.63) is 53.6 Å². The van der Waals surface area contributed by atoms with Gasteiger partial charge < -0.3 is 11.1 Å². The minimum absolute atomic E-state index is 0.0213. The van der Waals surface area contributed by atoms with E-state index in [1.165, 1.54) is 5.56 Å². The van der Waals surface area contributed by atoms with Crippen molar-refractivity contribution in [1.82, 2.24) is 0 Å². The summed E-state index contributed by atoms with van der Waals surface area (Å²) in [4.78, 5) is 13.1. The molecule has 0 saturated heterocycles. The van der Waals surface area contributed by atoms with E-state index < -0.39 is 0 Å². The van der Waals surface area contributed by atoms with Crippen LogP contribution in [0.1, 0.15) is 11.1 Å². The number of hydrogen-bond acceptors (Lipinski definition) is 3. The quantitative estimate of drug-likeness (QED) is 0.667. The number of nitrogens with two attached hydrogens (primary N) is 1. The molecule has 4 heteroatoms. The molecule has 0 radical (unpaired) electrons. The van der Waals surface area contributed by atoms with Crippen LogP contribution in [0.5, 0.6) is 0 Å². The Hall–Kier alpha value is -1.94. The fraction of sp³-hybridized carbons (Fsp3) is 0.188. The van der Waals surface area contributed by atoms with Crippen LogP contribution >= 0.6 is 11.8 Å². The number of thioether (sulfide) groups is 1. The smallest absolute Gasteiger partial charge is 0.234 e. The topological polar surface area (TPSA) is 55.1 Å². The molecule has 0 heterocycles. The third kappa shape index (κ3) is 3.78. The number of carbonyl (C=O) groups is 1. The Kier molecular flexibility index (Phi) is 4.69. The standard InChI is InChI=1S/C16H18N2OS/c1-11-7-8-13(17)9-14(11)18-16(19)10-20-15-6-4-3-5-12(15)2/h3-9H,10,17H2,1-2H3,(H,18,19). The average Bonchev–Trinajstić information content (AvgIpc) is 2.42. The van der Waals surface area contributed by atoms with E-state index in [4.69, 9.17) is 5.73 Å². The molecule has 0 aliphatic carbocycles. The first-order chi connectivity index (χ1) is 9.56. The average molecular weight is 286 g/mol. The Morgan fingerprint density at radius 2 is 1.90 bits per heavy atom. The van der Waals surface area contributed by atoms with E-state index in [2.05, 4.69) is 5.32 Å². The molecule has 0 atom stereocenters. The molecular formula is C16H18N2OS. The van der Waals surface area contributed by atoms with Crippen LogP contribution in [0.3, 0.4) is 0 Å². The van der Waals surface area contributed by atoms with Crippen molar-refractivity contribution >= 4 is 29.0 Å². The summed E-state index contributed by atoms with van der Waals surface area (Å²) in [5, 5.41) is 2.90. The zero-order chi connectivity index (χ0) is 14.5. The lowest BCUT2D eigenvalue weighted by atomic mass is 10.2. The molecule has 0 bridgehead atoms. The van der Waals surface area contributed by atoms with Crippen LogP contribution in [0, 0.1) is 13.8 Å². The van der Waals surface area contributed by atoms with E-state index in [1.54, 1.807) is 17.8 Å². The van der Waals surface area contributed by atoms with Gasteiger partial charge in [0, 0.05) is 16.3 Å². The second kappa shape index (κ2) is 6.48. The van der Waals surface area contributed by atoms with E-state index in [-0.39, 0.29) is 5.91 Å². The molecule has 0 saturated carbocycles. The van der Waals surface area contributed by atoms with Crippen molar-refractivity contribution in [3.63, 3.8) is 0 Å². The van der Waals surface area contributed by atoms with Crippen molar-refractivity contribution in [3.8, 4) is 0 Å². The van der Waals surface area contributed by atoms with Crippen LogP contribution in [0.15, 0.2) is 47.4 Å². The maximum absolute atomic E-state index is 12.0. The van der Waals surface area contributed by atoms with E-state index in [0.717, 1.165) is 16.1 Å². The highest BCUT2D eigenvalue weighted by Gasteiger charge is 2.07. The molecule has 0 aliphatic heterocycles. The maximum Gasteiger partial charge on any atom is 0.234 e. The van der Waals surface area contributed by atoms with Crippen LogP contribution in [-0.4, -0.2) is 11.7 Å². The van der Waals surface area contributed by atoms with Gasteiger partial charge in [0.15, 0.2) is 0 Å². The summed E-state index contributed by atoms with van der Waals surface area (Å²) in [5.74, 6) is 0.367. The summed E-state index contributed by atoms with van der Waals surface area (Å²) in [6.07, 6.45) is 0. The monoisotopic (exact) mass is 286 g/mol. The summed E-state index contributed by atoms with van der Waals surface area (Å²) < 4.78 is 0. The molecule has 0 spiro atoms. The lowest BCUT2D eigenvalue weighted by molar-refractivity contribution is -0.113. The Bertz CT molecular complexity index is 626. The largest absolute Gasteiger partial charge is 0.399 e. The van der Waals surface area contributed by atoms with E-state index in [9.17, 15) is 4.79 Å². The number of carbonyl (C=O) groups excluding carboxylic acids is 1. The molecule has 2 aromatic carbocycles. The summed E-state index contributed by atoms with van der Waals surface area (Å²) in [5.41, 5.74) is 9.35. The number of benzene rings is 2. The first-order valence-electron chi connectivity index (χ1n) is 6.40. The normalized spacial score (nSPS) is 10.3. The lowest BCUT2D eigenvalue weighted by Crippen LogP contribution is -2.15. The lowest BCUT2D eigenvalue weighted by Gasteiger charge is -2.09. The molecule has 2 aromatic rings. The van der Waals surface area contributed by atoms with Gasteiger partial charge in [-0.1, -0.05) is 24.3 Å². The van der Waals surface area contributed by atoms with E-state index in [0.29, 0.717) is 11.4 Å². The summed E-state index contributed by atoms with van der Waals surface area (Å²) in [6.45, 7) is 3.99. The van der Waals surface area contributed by atoms with Crippen LogP contribution in [0.2, 0.25) is 0 Å². The minimum atomic E-state index is -0.0213. The highest BCUT2D eigenvalue weighted by Crippen LogP contribution is 2.23. The second-order valence-corrected chi connectivity index (χ2v) is 5.69. The number of anilines is 2. The van der Waals surface area contributed by atoms with Gasteiger partial charge in [0.05, 0.1) is 5.75 Å². The summed E-state index contributed by atoms with van der Waals surface area (Å²) in [7, 11) is 0. The van der Waals surface area contributed by atoms with Crippen molar-refractivity contribution in [2.75, 3.05) is 16.8 Å². The third-order valence-corrected chi connectivity index (χ3v) is 4.16. The molecule has 0 fully saturated rings. The first-order valence-corrected chi connectivity index (χ1v) is 7.39. The second-order valence-electron chi connectivity index (χ2n) is 4.68. The van der Waals surface area contributed by atoms with Gasteiger partial charge in [0.2, 0.25) is 5.91 Å². The highest BCUT2D eigenvalue weighted by atomic mass is 32.2. The third-order valence-electron chi connectivity index (χ3n) is 2.99. The first kappa shape index (κ1) is 14.5. The number of nitrogens with one attached hydrogen (secondary N) is 1. The van der Waals surface area contributed by atoms with Crippen molar-refractivity contribution in [2.45, 2.75) is 18.7 Å². The zero-order valence-electron chi connectivity index (χ0n) is 11.6. The fourth-order valence-electron chi connectivity index (χ4n) is 1.82. The number of amides is 1. The van der Waals surface area contributed by atoms with Gasteiger partial charge in [-0.25, -0.2) is 0 Å². The van der Waals surface area contributed by atoms with Crippen LogP contribution in [-0.2, 0) is 4.79 Å². The maximum atomic E-state index is 12.0. The molecule has 0 aromatic heterocycles. The Balaban J connectivity index is 1.96. The van der Waals surface area contributed by atoms with Crippen LogP contribution < -0.4 is 11.1 Å². The number of hydrogen-bond donors (Lipinski definition) is 2. The Labute approximate surface area is 123 Å². The van der Waals surface area contributed by atoms with E-state index in [1.807, 2.05) is 50.2 Å². The van der Waals surface area contributed by atoms with Crippen molar-refractivity contribution < 1.29 is 4.79 Å². The summed E-state index contributed by atoms with van der Waals surface area (Å²) in [6, 6.07) is 13.6. The number of rotatable bonds is 4. The number of aryl methyl sites for hydroxylation is 2. The zero-order valence-corrected chi connectivity index (χ0v) is 12.5. The van der Waals surface area contributed by atoms with Gasteiger partial charge in [-0.15, -0.1) is 11.8 Å². The molecule has 0 aliphatic rings. The molecule has 0 unspecified atom stereocenters. The minimum Gasteiger partial charge on any atom is -0.399 e. The van der Waals surface area contributed by atoms with Gasteiger partial charge >= 0.3 is 0 Å². The van der Waals surface area contributed by atoms with Gasteiger partial charge in [0.1, 0.15) is 0 Å². The van der Waals surface area contributed by atoms with E-state index >= 15 is 0 Å². The molecule has 2 rings (SSSR count). The molecule has 104 valence electrons. The molecule has 1 amide bonds. The molecular weight excluding hydrogens is 268 g/mol. The SMILES string of the molecule is Cc1ccc(N)cc1NC(=O)CSc1ccccc1C. The number of nitrogen functional groups attached to an aromatic ring is 1. The van der Waals surface area contributed by atoms with Gasteiger partial charge in [-0.2, -0.15) is 0 Å². The predicted octanol–water partition coefficient (Wildman–Crippen LogP) is 3.62. The van der Waals surface area contributed by atoms with Crippen molar-refractivity contribution in [1.29, 1.82) is 0 Å².